The molecule has 1 heterocycles. The molecule has 7 heteroatoms. The van der Waals surface area contributed by atoms with E-state index in [1.165, 1.54) is 29.5 Å². The summed E-state index contributed by atoms with van der Waals surface area (Å²) >= 11 is 4.48. The first-order valence-corrected chi connectivity index (χ1v) is 6.77. The summed E-state index contributed by atoms with van der Waals surface area (Å²) in [5.74, 6) is -0.571. The van der Waals surface area contributed by atoms with Crippen molar-refractivity contribution in [3.8, 4) is 0 Å². The number of amides is 1. The second kappa shape index (κ2) is 5.34. The molecular formula is C12H7BrF3NOS. The Morgan fingerprint density at radius 3 is 2.53 bits per heavy atom. The van der Waals surface area contributed by atoms with E-state index in [0.717, 1.165) is 9.85 Å². The number of carbonyl (C=O) groups is 1. The van der Waals surface area contributed by atoms with Crippen LogP contribution in [0.25, 0.3) is 0 Å². The van der Waals surface area contributed by atoms with E-state index in [1.807, 2.05) is 0 Å². The highest BCUT2D eigenvalue weighted by Gasteiger charge is 2.33. The second-order valence-electron chi connectivity index (χ2n) is 3.64. The zero-order valence-corrected chi connectivity index (χ0v) is 11.7. The minimum absolute atomic E-state index is 0.248. The fourth-order valence-corrected chi connectivity index (χ4v) is 2.60. The highest BCUT2D eigenvalue weighted by molar-refractivity contribution is 9.11. The van der Waals surface area contributed by atoms with Gasteiger partial charge in [0, 0.05) is 5.38 Å². The number of benzene rings is 1. The first kappa shape index (κ1) is 14.1. The molecule has 1 aromatic carbocycles. The van der Waals surface area contributed by atoms with E-state index in [0.29, 0.717) is 5.56 Å². The lowest BCUT2D eigenvalue weighted by Gasteiger charge is -2.12. The van der Waals surface area contributed by atoms with Gasteiger partial charge in [0.25, 0.3) is 5.91 Å². The van der Waals surface area contributed by atoms with Crippen LogP contribution in [0.15, 0.2) is 39.5 Å². The van der Waals surface area contributed by atoms with Crippen LogP contribution in [-0.2, 0) is 6.18 Å². The molecular weight excluding hydrogens is 343 g/mol. The van der Waals surface area contributed by atoms with E-state index in [4.69, 9.17) is 0 Å². The predicted molar refractivity (Wildman–Crippen MR) is 71.4 cm³/mol. The Morgan fingerprint density at radius 1 is 1.26 bits per heavy atom. The number of rotatable bonds is 2. The standard InChI is InChI=1S/C12H7BrF3NOS/c13-10-5-7(6-19-10)11(18)17-9-4-2-1-3-8(9)12(14,15)16/h1-6H,(H,17,18). The van der Waals surface area contributed by atoms with Gasteiger partial charge in [-0.05, 0) is 34.1 Å². The molecule has 1 amide bonds. The zero-order valence-electron chi connectivity index (χ0n) is 9.29. The van der Waals surface area contributed by atoms with Crippen LogP contribution < -0.4 is 5.32 Å². The highest BCUT2D eigenvalue weighted by atomic mass is 79.9. The average molecular weight is 350 g/mol. The van der Waals surface area contributed by atoms with Crippen LogP contribution in [0.1, 0.15) is 15.9 Å². The molecule has 0 saturated heterocycles. The van der Waals surface area contributed by atoms with Gasteiger partial charge in [0.05, 0.1) is 20.6 Å². The maximum absolute atomic E-state index is 12.7. The molecule has 19 heavy (non-hydrogen) atoms. The number of para-hydroxylation sites is 1. The van der Waals surface area contributed by atoms with Crippen molar-refractivity contribution in [2.24, 2.45) is 0 Å². The van der Waals surface area contributed by atoms with Crippen molar-refractivity contribution in [3.05, 3.63) is 50.6 Å². The monoisotopic (exact) mass is 349 g/mol. The minimum Gasteiger partial charge on any atom is -0.321 e. The van der Waals surface area contributed by atoms with Crippen LogP contribution >= 0.6 is 27.3 Å². The molecule has 100 valence electrons. The third-order valence-corrected chi connectivity index (χ3v) is 3.81. The highest BCUT2D eigenvalue weighted by Crippen LogP contribution is 2.34. The number of nitrogens with one attached hydrogen (secondary N) is 1. The molecule has 1 aromatic heterocycles. The first-order chi connectivity index (χ1) is 8.88. The summed E-state index contributed by atoms with van der Waals surface area (Å²) in [4.78, 5) is 11.8. The summed E-state index contributed by atoms with van der Waals surface area (Å²) in [6, 6.07) is 6.42. The Labute approximate surface area is 119 Å². The van der Waals surface area contributed by atoms with E-state index < -0.39 is 17.6 Å². The maximum atomic E-state index is 12.7. The van der Waals surface area contributed by atoms with Crippen molar-refractivity contribution < 1.29 is 18.0 Å². The molecule has 1 N–H and O–H groups in total. The molecule has 2 aromatic rings. The summed E-state index contributed by atoms with van der Waals surface area (Å²) < 4.78 is 39.0. The molecule has 0 radical (unpaired) electrons. The predicted octanol–water partition coefficient (Wildman–Crippen LogP) is 4.78. The van der Waals surface area contributed by atoms with Crippen LogP contribution in [0, 0.1) is 0 Å². The summed E-state index contributed by atoms with van der Waals surface area (Å²) in [6.45, 7) is 0. The Morgan fingerprint density at radius 2 is 1.95 bits per heavy atom. The van der Waals surface area contributed by atoms with Crippen LogP contribution in [0.4, 0.5) is 18.9 Å². The number of hydrogen-bond acceptors (Lipinski definition) is 2. The molecule has 0 unspecified atom stereocenters. The normalized spacial score (nSPS) is 11.4. The average Bonchev–Trinajstić information content (AvgIpc) is 2.75. The number of halogens is 4. The molecule has 0 aliphatic carbocycles. The van der Waals surface area contributed by atoms with Crippen LogP contribution in [0.5, 0.6) is 0 Å². The summed E-state index contributed by atoms with van der Waals surface area (Å²) in [5, 5.41) is 3.84. The van der Waals surface area contributed by atoms with Gasteiger partial charge in [-0.25, -0.2) is 0 Å². The van der Waals surface area contributed by atoms with E-state index in [2.05, 4.69) is 21.2 Å². The molecule has 0 aliphatic rings. The molecule has 0 spiro atoms. The van der Waals surface area contributed by atoms with Gasteiger partial charge in [0.15, 0.2) is 0 Å². The van der Waals surface area contributed by atoms with Gasteiger partial charge in [0.1, 0.15) is 0 Å². The van der Waals surface area contributed by atoms with Crippen LogP contribution in [-0.4, -0.2) is 5.91 Å². The molecule has 0 atom stereocenters. The Kier molecular flexibility index (Phi) is 3.96. The first-order valence-electron chi connectivity index (χ1n) is 5.09. The SMILES string of the molecule is O=C(Nc1ccccc1C(F)(F)F)c1csc(Br)c1. The maximum Gasteiger partial charge on any atom is 0.418 e. The summed E-state index contributed by atoms with van der Waals surface area (Å²) in [7, 11) is 0. The van der Waals surface area contributed by atoms with E-state index in [1.54, 1.807) is 11.4 Å². The van der Waals surface area contributed by atoms with Gasteiger partial charge in [-0.1, -0.05) is 12.1 Å². The van der Waals surface area contributed by atoms with Crippen molar-refractivity contribution in [1.29, 1.82) is 0 Å². The number of alkyl halides is 3. The lowest BCUT2D eigenvalue weighted by atomic mass is 10.1. The minimum atomic E-state index is -4.50. The Hall–Kier alpha value is -1.34. The molecule has 0 saturated carbocycles. The van der Waals surface area contributed by atoms with Gasteiger partial charge < -0.3 is 5.32 Å². The van der Waals surface area contributed by atoms with Gasteiger partial charge >= 0.3 is 6.18 Å². The topological polar surface area (TPSA) is 29.1 Å². The molecule has 2 rings (SSSR count). The van der Waals surface area contributed by atoms with Crippen LogP contribution in [0.3, 0.4) is 0 Å². The van der Waals surface area contributed by atoms with Crippen molar-refractivity contribution >= 4 is 38.9 Å². The summed E-state index contributed by atoms with van der Waals surface area (Å²) in [5.41, 5.74) is -0.797. The van der Waals surface area contributed by atoms with E-state index in [9.17, 15) is 18.0 Å². The molecule has 2 nitrogen and oxygen atoms in total. The van der Waals surface area contributed by atoms with Crippen molar-refractivity contribution in [1.82, 2.24) is 0 Å². The molecule has 0 fully saturated rings. The van der Waals surface area contributed by atoms with Gasteiger partial charge in [-0.15, -0.1) is 11.3 Å². The van der Waals surface area contributed by atoms with Gasteiger partial charge in [0.2, 0.25) is 0 Å². The lowest BCUT2D eigenvalue weighted by Crippen LogP contribution is -2.16. The van der Waals surface area contributed by atoms with Crippen molar-refractivity contribution in [2.75, 3.05) is 5.32 Å². The Balaban J connectivity index is 2.27. The second-order valence-corrected chi connectivity index (χ2v) is 5.93. The third kappa shape index (κ3) is 3.36. The molecule has 0 aliphatic heterocycles. The van der Waals surface area contributed by atoms with Gasteiger partial charge in [-0.2, -0.15) is 13.2 Å². The van der Waals surface area contributed by atoms with E-state index in [-0.39, 0.29) is 5.69 Å². The van der Waals surface area contributed by atoms with Crippen molar-refractivity contribution in [2.45, 2.75) is 6.18 Å². The fraction of sp³-hybridized carbons (Fsp3) is 0.0833. The lowest BCUT2D eigenvalue weighted by molar-refractivity contribution is -0.136. The number of thiophene rings is 1. The smallest absolute Gasteiger partial charge is 0.321 e. The van der Waals surface area contributed by atoms with Crippen LogP contribution in [0.2, 0.25) is 0 Å². The van der Waals surface area contributed by atoms with Crippen molar-refractivity contribution in [3.63, 3.8) is 0 Å². The largest absolute Gasteiger partial charge is 0.418 e. The number of carbonyl (C=O) groups excluding carboxylic acids is 1. The fourth-order valence-electron chi connectivity index (χ4n) is 1.46. The zero-order chi connectivity index (χ0) is 14.0. The Bertz CT molecular complexity index is 609. The number of hydrogen-bond donors (Lipinski definition) is 1. The van der Waals surface area contributed by atoms with Gasteiger partial charge in [-0.3, -0.25) is 4.79 Å². The quantitative estimate of drug-likeness (QED) is 0.830. The van der Waals surface area contributed by atoms with E-state index >= 15 is 0 Å². The summed E-state index contributed by atoms with van der Waals surface area (Å²) in [6.07, 6.45) is -4.50. The third-order valence-electron chi connectivity index (χ3n) is 2.31. The number of anilines is 1. The molecule has 0 bridgehead atoms.